The maximum Gasteiger partial charge on any atom is 0.120 e. The van der Waals surface area contributed by atoms with Gasteiger partial charge in [-0.2, -0.15) is 0 Å². The van der Waals surface area contributed by atoms with Gasteiger partial charge in [-0.3, -0.25) is 0 Å². The third-order valence-corrected chi connectivity index (χ3v) is 3.45. The first-order chi connectivity index (χ1) is 7.74. The molecule has 0 bridgehead atoms. The Bertz CT molecular complexity index is 358. The van der Waals surface area contributed by atoms with Gasteiger partial charge in [-0.1, -0.05) is 19.9 Å². The summed E-state index contributed by atoms with van der Waals surface area (Å²) in [7, 11) is 0. The highest BCUT2D eigenvalue weighted by Gasteiger charge is 2.19. The molecular weight excluding hydrogens is 198 g/mol. The van der Waals surface area contributed by atoms with Gasteiger partial charge in [0.15, 0.2) is 0 Å². The van der Waals surface area contributed by atoms with Crippen LogP contribution in [0.25, 0.3) is 0 Å². The summed E-state index contributed by atoms with van der Waals surface area (Å²) in [5.41, 5.74) is 8.68. The van der Waals surface area contributed by atoms with Crippen molar-refractivity contribution in [3.05, 3.63) is 29.3 Å². The quantitative estimate of drug-likeness (QED) is 0.844. The molecule has 0 saturated heterocycles. The molecule has 88 valence electrons. The third kappa shape index (κ3) is 2.22. The molecule has 0 heterocycles. The molecule has 1 aromatic rings. The van der Waals surface area contributed by atoms with Gasteiger partial charge in [0.05, 0.1) is 6.10 Å². The van der Waals surface area contributed by atoms with Crippen LogP contribution in [0, 0.1) is 0 Å². The maximum atomic E-state index is 6.01. The lowest BCUT2D eigenvalue weighted by atomic mass is 10.1. The summed E-state index contributed by atoms with van der Waals surface area (Å²) in [6.45, 7) is 4.33. The number of fused-ring (bicyclic) bond motifs is 1. The molecule has 2 nitrogen and oxygen atoms in total. The fourth-order valence-electron chi connectivity index (χ4n) is 2.35. The number of aryl methyl sites for hydroxylation is 1. The molecule has 1 atom stereocenters. The highest BCUT2D eigenvalue weighted by molar-refractivity contribution is 5.40. The Hall–Kier alpha value is -1.02. The van der Waals surface area contributed by atoms with Crippen molar-refractivity contribution in [3.63, 3.8) is 0 Å². The van der Waals surface area contributed by atoms with Crippen LogP contribution in [0.1, 0.15) is 50.3 Å². The van der Waals surface area contributed by atoms with Crippen molar-refractivity contribution in [1.29, 1.82) is 0 Å². The minimum absolute atomic E-state index is 0.234. The van der Waals surface area contributed by atoms with Crippen LogP contribution in [0.5, 0.6) is 5.75 Å². The number of hydrogen-bond donors (Lipinski definition) is 1. The zero-order chi connectivity index (χ0) is 11.5. The standard InChI is InChI=1S/C14H21NO/c1-3-11(4-2)16-12-6-7-13-10(9-12)5-8-14(13)15/h6-7,9,11,14H,3-5,8,15H2,1-2H3/t14-/m1/s1. The molecular formula is C14H21NO. The first kappa shape index (κ1) is 11.5. The molecule has 0 spiro atoms. The van der Waals surface area contributed by atoms with Crippen LogP contribution in [0.4, 0.5) is 0 Å². The van der Waals surface area contributed by atoms with Crippen LogP contribution < -0.4 is 10.5 Å². The van der Waals surface area contributed by atoms with E-state index in [1.807, 2.05) is 0 Å². The van der Waals surface area contributed by atoms with E-state index in [-0.39, 0.29) is 6.04 Å². The maximum absolute atomic E-state index is 6.01. The summed E-state index contributed by atoms with van der Waals surface area (Å²) in [5, 5.41) is 0. The van der Waals surface area contributed by atoms with Gasteiger partial charge in [0, 0.05) is 6.04 Å². The van der Waals surface area contributed by atoms with Gasteiger partial charge in [0.2, 0.25) is 0 Å². The fourth-order valence-corrected chi connectivity index (χ4v) is 2.35. The Morgan fingerprint density at radius 3 is 2.81 bits per heavy atom. The minimum Gasteiger partial charge on any atom is -0.490 e. The van der Waals surface area contributed by atoms with Gasteiger partial charge in [-0.25, -0.2) is 0 Å². The van der Waals surface area contributed by atoms with E-state index in [2.05, 4.69) is 32.0 Å². The van der Waals surface area contributed by atoms with E-state index < -0.39 is 0 Å². The van der Waals surface area contributed by atoms with E-state index in [4.69, 9.17) is 10.5 Å². The minimum atomic E-state index is 0.234. The summed E-state index contributed by atoms with van der Waals surface area (Å²) in [6, 6.07) is 6.59. The number of benzene rings is 1. The topological polar surface area (TPSA) is 35.2 Å². The number of rotatable bonds is 4. The molecule has 2 N–H and O–H groups in total. The van der Waals surface area contributed by atoms with E-state index in [0.717, 1.165) is 31.4 Å². The number of ether oxygens (including phenoxy) is 1. The first-order valence-electron chi connectivity index (χ1n) is 6.29. The van der Waals surface area contributed by atoms with Crippen LogP contribution in [0.3, 0.4) is 0 Å². The molecule has 2 rings (SSSR count). The Labute approximate surface area is 97.8 Å². The zero-order valence-electron chi connectivity index (χ0n) is 10.2. The second kappa shape index (κ2) is 4.88. The predicted octanol–water partition coefficient (Wildman–Crippen LogP) is 3.20. The van der Waals surface area contributed by atoms with Crippen LogP contribution in [-0.2, 0) is 6.42 Å². The smallest absolute Gasteiger partial charge is 0.120 e. The molecule has 0 amide bonds. The highest BCUT2D eigenvalue weighted by atomic mass is 16.5. The lowest BCUT2D eigenvalue weighted by molar-refractivity contribution is 0.192. The van der Waals surface area contributed by atoms with Gasteiger partial charge >= 0.3 is 0 Å². The van der Waals surface area contributed by atoms with Crippen LogP contribution >= 0.6 is 0 Å². The van der Waals surface area contributed by atoms with Gasteiger partial charge in [0.25, 0.3) is 0 Å². The van der Waals surface area contributed by atoms with Gasteiger partial charge < -0.3 is 10.5 Å². The van der Waals surface area contributed by atoms with Crippen molar-refractivity contribution < 1.29 is 4.74 Å². The van der Waals surface area contributed by atoms with E-state index in [1.165, 1.54) is 11.1 Å². The average Bonchev–Trinajstić information content (AvgIpc) is 2.68. The summed E-state index contributed by atoms with van der Waals surface area (Å²) < 4.78 is 5.93. The Balaban J connectivity index is 2.13. The molecule has 1 aliphatic carbocycles. The molecule has 0 saturated carbocycles. The van der Waals surface area contributed by atoms with Crippen LogP contribution in [0.2, 0.25) is 0 Å². The summed E-state index contributed by atoms with van der Waals surface area (Å²) >= 11 is 0. The first-order valence-corrected chi connectivity index (χ1v) is 6.29. The van der Waals surface area contributed by atoms with Crippen LogP contribution in [0.15, 0.2) is 18.2 Å². The van der Waals surface area contributed by atoms with Crippen molar-refractivity contribution in [2.24, 2.45) is 5.73 Å². The van der Waals surface area contributed by atoms with Gasteiger partial charge in [0.1, 0.15) is 5.75 Å². The monoisotopic (exact) mass is 219 g/mol. The largest absolute Gasteiger partial charge is 0.490 e. The second-order valence-corrected chi connectivity index (χ2v) is 4.56. The fraction of sp³-hybridized carbons (Fsp3) is 0.571. The summed E-state index contributed by atoms with van der Waals surface area (Å²) in [6.07, 6.45) is 4.63. The molecule has 1 aliphatic rings. The Kier molecular flexibility index (Phi) is 3.49. The SMILES string of the molecule is CCC(CC)Oc1ccc2c(c1)CC[C@H]2N. The normalized spacial score (nSPS) is 18.9. The zero-order valence-corrected chi connectivity index (χ0v) is 10.2. The lowest BCUT2D eigenvalue weighted by Gasteiger charge is -2.16. The van der Waals surface area contributed by atoms with Crippen molar-refractivity contribution in [3.8, 4) is 5.75 Å². The van der Waals surface area contributed by atoms with Crippen molar-refractivity contribution >= 4 is 0 Å². The molecule has 1 aromatic carbocycles. The third-order valence-electron chi connectivity index (χ3n) is 3.45. The van der Waals surface area contributed by atoms with Gasteiger partial charge in [-0.15, -0.1) is 0 Å². The van der Waals surface area contributed by atoms with E-state index in [1.54, 1.807) is 0 Å². The molecule has 0 aromatic heterocycles. The predicted molar refractivity (Wildman–Crippen MR) is 66.7 cm³/mol. The van der Waals surface area contributed by atoms with Crippen molar-refractivity contribution in [2.75, 3.05) is 0 Å². The lowest BCUT2D eigenvalue weighted by Crippen LogP contribution is -2.13. The van der Waals surface area contributed by atoms with E-state index >= 15 is 0 Å². The summed E-state index contributed by atoms with van der Waals surface area (Å²) in [4.78, 5) is 0. The van der Waals surface area contributed by atoms with E-state index in [0.29, 0.717) is 6.10 Å². The summed E-state index contributed by atoms with van der Waals surface area (Å²) in [5.74, 6) is 1.00. The molecule has 2 heteroatoms. The van der Waals surface area contributed by atoms with Crippen LogP contribution in [-0.4, -0.2) is 6.10 Å². The Morgan fingerprint density at radius 2 is 2.12 bits per heavy atom. The number of nitrogens with two attached hydrogens (primary N) is 1. The molecule has 0 radical (unpaired) electrons. The molecule has 0 fully saturated rings. The molecule has 0 aliphatic heterocycles. The number of hydrogen-bond acceptors (Lipinski definition) is 2. The molecule has 0 unspecified atom stereocenters. The van der Waals surface area contributed by atoms with Crippen molar-refractivity contribution in [2.45, 2.75) is 51.7 Å². The van der Waals surface area contributed by atoms with Crippen molar-refractivity contribution in [1.82, 2.24) is 0 Å². The van der Waals surface area contributed by atoms with Gasteiger partial charge in [-0.05, 0) is 48.9 Å². The molecule has 16 heavy (non-hydrogen) atoms. The average molecular weight is 219 g/mol. The Morgan fingerprint density at radius 1 is 1.38 bits per heavy atom. The second-order valence-electron chi connectivity index (χ2n) is 4.56. The van der Waals surface area contributed by atoms with E-state index in [9.17, 15) is 0 Å². The highest BCUT2D eigenvalue weighted by Crippen LogP contribution is 2.32.